The maximum Gasteiger partial charge on any atom is 0.179 e. The second-order valence-corrected chi connectivity index (χ2v) is 8.00. The van der Waals surface area contributed by atoms with Gasteiger partial charge in [0.2, 0.25) is 0 Å². The van der Waals surface area contributed by atoms with Gasteiger partial charge in [0.1, 0.15) is 10.7 Å². The molecule has 0 spiro atoms. The lowest BCUT2D eigenvalue weighted by Crippen LogP contribution is -2.18. The Balaban J connectivity index is 1.95. The van der Waals surface area contributed by atoms with Gasteiger partial charge in [-0.1, -0.05) is 0 Å². The SMILES string of the molecule is CS(=O)(=O)c1cccnc1NC1CCCc2sccc21. The summed E-state index contributed by atoms with van der Waals surface area (Å²) in [5.41, 5.74) is 1.28. The number of thiophene rings is 1. The molecule has 0 aliphatic heterocycles. The van der Waals surface area contributed by atoms with Gasteiger partial charge in [0.25, 0.3) is 0 Å². The first-order chi connectivity index (χ1) is 9.55. The molecule has 6 heteroatoms. The molecule has 1 aliphatic rings. The van der Waals surface area contributed by atoms with Crippen molar-refractivity contribution < 1.29 is 8.42 Å². The standard InChI is InChI=1S/C14H16N2O2S2/c1-20(17,18)13-6-3-8-15-14(13)16-11-4-2-5-12-10(11)7-9-19-12/h3,6-9,11H,2,4-5H2,1H3,(H,15,16). The second-order valence-electron chi connectivity index (χ2n) is 5.01. The zero-order valence-corrected chi connectivity index (χ0v) is 12.8. The zero-order valence-electron chi connectivity index (χ0n) is 11.2. The number of fused-ring (bicyclic) bond motifs is 1. The van der Waals surface area contributed by atoms with Crippen LogP contribution >= 0.6 is 11.3 Å². The molecule has 1 N–H and O–H groups in total. The molecule has 0 amide bonds. The topological polar surface area (TPSA) is 59.1 Å². The van der Waals surface area contributed by atoms with E-state index in [1.54, 1.807) is 29.7 Å². The predicted molar refractivity (Wildman–Crippen MR) is 81.0 cm³/mol. The van der Waals surface area contributed by atoms with E-state index in [2.05, 4.69) is 21.7 Å². The lowest BCUT2D eigenvalue weighted by atomic mass is 9.94. The minimum atomic E-state index is -3.27. The second kappa shape index (κ2) is 5.18. The Bertz CT molecular complexity index is 722. The number of hydrogen-bond acceptors (Lipinski definition) is 5. The molecule has 0 aromatic carbocycles. The van der Waals surface area contributed by atoms with Crippen LogP contribution in [0.25, 0.3) is 0 Å². The van der Waals surface area contributed by atoms with Gasteiger partial charge in [0.05, 0.1) is 6.04 Å². The number of nitrogens with one attached hydrogen (secondary N) is 1. The van der Waals surface area contributed by atoms with Gasteiger partial charge in [-0.2, -0.15) is 0 Å². The van der Waals surface area contributed by atoms with E-state index in [-0.39, 0.29) is 10.9 Å². The lowest BCUT2D eigenvalue weighted by molar-refractivity contribution is 0.596. The van der Waals surface area contributed by atoms with Crippen molar-refractivity contribution in [1.29, 1.82) is 0 Å². The predicted octanol–water partition coefficient (Wildman–Crippen LogP) is 3.04. The monoisotopic (exact) mass is 308 g/mol. The van der Waals surface area contributed by atoms with E-state index in [4.69, 9.17) is 0 Å². The molecule has 20 heavy (non-hydrogen) atoms. The summed E-state index contributed by atoms with van der Waals surface area (Å²) in [6.07, 6.45) is 6.07. The van der Waals surface area contributed by atoms with Crippen LogP contribution in [0.15, 0.2) is 34.7 Å². The van der Waals surface area contributed by atoms with E-state index in [0.717, 1.165) is 19.3 Å². The van der Waals surface area contributed by atoms with E-state index in [0.29, 0.717) is 5.82 Å². The van der Waals surface area contributed by atoms with E-state index in [1.807, 2.05) is 0 Å². The summed E-state index contributed by atoms with van der Waals surface area (Å²) in [5, 5.41) is 5.41. The fraction of sp³-hybridized carbons (Fsp3) is 0.357. The number of anilines is 1. The lowest BCUT2D eigenvalue weighted by Gasteiger charge is -2.24. The van der Waals surface area contributed by atoms with Crippen molar-refractivity contribution in [3.63, 3.8) is 0 Å². The van der Waals surface area contributed by atoms with Crippen LogP contribution in [0.2, 0.25) is 0 Å². The van der Waals surface area contributed by atoms with E-state index < -0.39 is 9.84 Å². The Hall–Kier alpha value is -1.40. The van der Waals surface area contributed by atoms with Crippen molar-refractivity contribution in [2.24, 2.45) is 0 Å². The summed E-state index contributed by atoms with van der Waals surface area (Å²) in [5.74, 6) is 0.457. The van der Waals surface area contributed by atoms with Gasteiger partial charge in [0.15, 0.2) is 9.84 Å². The number of nitrogens with zero attached hydrogens (tertiary/aromatic N) is 1. The van der Waals surface area contributed by atoms with Crippen LogP contribution in [-0.4, -0.2) is 19.7 Å². The maximum atomic E-state index is 11.8. The van der Waals surface area contributed by atoms with Crippen LogP contribution in [-0.2, 0) is 16.3 Å². The number of hydrogen-bond donors (Lipinski definition) is 1. The summed E-state index contributed by atoms with van der Waals surface area (Å²) in [6, 6.07) is 5.53. The molecule has 106 valence electrons. The number of sulfone groups is 1. The number of pyridine rings is 1. The van der Waals surface area contributed by atoms with Crippen molar-refractivity contribution in [3.8, 4) is 0 Å². The quantitative estimate of drug-likeness (QED) is 0.947. The molecular formula is C14H16N2O2S2. The van der Waals surface area contributed by atoms with Crippen molar-refractivity contribution >= 4 is 27.0 Å². The highest BCUT2D eigenvalue weighted by molar-refractivity contribution is 7.90. The van der Waals surface area contributed by atoms with Gasteiger partial charge in [-0.15, -0.1) is 11.3 Å². The molecule has 2 aromatic rings. The number of aryl methyl sites for hydroxylation is 1. The molecule has 2 aromatic heterocycles. The summed E-state index contributed by atoms with van der Waals surface area (Å²) in [4.78, 5) is 5.87. The molecule has 0 saturated carbocycles. The Morgan fingerprint density at radius 2 is 2.25 bits per heavy atom. The average Bonchev–Trinajstić information content (AvgIpc) is 2.87. The molecule has 0 fully saturated rings. The fourth-order valence-corrected chi connectivity index (χ4v) is 4.38. The first kappa shape index (κ1) is 13.6. The number of rotatable bonds is 3. The van der Waals surface area contributed by atoms with Crippen LogP contribution in [0.1, 0.15) is 29.3 Å². The van der Waals surface area contributed by atoms with E-state index in [9.17, 15) is 8.42 Å². The highest BCUT2D eigenvalue weighted by atomic mass is 32.2. The third-order valence-electron chi connectivity index (χ3n) is 3.53. The molecule has 1 aliphatic carbocycles. The van der Waals surface area contributed by atoms with Crippen molar-refractivity contribution in [1.82, 2.24) is 4.98 Å². The molecule has 2 heterocycles. The summed E-state index contributed by atoms with van der Waals surface area (Å²) in [6.45, 7) is 0. The van der Waals surface area contributed by atoms with E-state index >= 15 is 0 Å². The molecule has 0 radical (unpaired) electrons. The highest BCUT2D eigenvalue weighted by Gasteiger charge is 2.23. The molecule has 1 atom stereocenters. The Labute approximate surface area is 122 Å². The molecule has 4 nitrogen and oxygen atoms in total. The van der Waals surface area contributed by atoms with Crippen molar-refractivity contribution in [2.45, 2.75) is 30.2 Å². The number of aromatic nitrogens is 1. The molecule has 0 saturated heterocycles. The van der Waals surface area contributed by atoms with E-state index in [1.165, 1.54) is 16.7 Å². The summed E-state index contributed by atoms with van der Waals surface area (Å²) >= 11 is 1.77. The largest absolute Gasteiger partial charge is 0.362 e. The van der Waals surface area contributed by atoms with Gasteiger partial charge < -0.3 is 5.32 Å². The highest BCUT2D eigenvalue weighted by Crippen LogP contribution is 2.36. The first-order valence-electron chi connectivity index (χ1n) is 6.53. The first-order valence-corrected chi connectivity index (χ1v) is 9.30. The minimum Gasteiger partial charge on any atom is -0.362 e. The smallest absolute Gasteiger partial charge is 0.179 e. The zero-order chi connectivity index (χ0) is 14.2. The fourth-order valence-electron chi connectivity index (χ4n) is 2.60. The van der Waals surface area contributed by atoms with Crippen LogP contribution in [0.3, 0.4) is 0 Å². The Kier molecular flexibility index (Phi) is 3.52. The maximum absolute atomic E-state index is 11.8. The van der Waals surface area contributed by atoms with Gasteiger partial charge >= 0.3 is 0 Å². The normalized spacial score (nSPS) is 18.6. The third-order valence-corrected chi connectivity index (χ3v) is 5.66. The van der Waals surface area contributed by atoms with Crippen LogP contribution < -0.4 is 5.32 Å². The van der Waals surface area contributed by atoms with Crippen LogP contribution in [0, 0.1) is 0 Å². The molecule has 0 bridgehead atoms. The van der Waals surface area contributed by atoms with Crippen LogP contribution in [0.5, 0.6) is 0 Å². The van der Waals surface area contributed by atoms with Crippen molar-refractivity contribution in [3.05, 3.63) is 40.2 Å². The van der Waals surface area contributed by atoms with Gasteiger partial charge in [0, 0.05) is 17.3 Å². The van der Waals surface area contributed by atoms with Gasteiger partial charge in [-0.05, 0) is 48.4 Å². The third kappa shape index (κ3) is 2.58. The minimum absolute atomic E-state index is 0.153. The van der Waals surface area contributed by atoms with Crippen LogP contribution in [0.4, 0.5) is 5.82 Å². The van der Waals surface area contributed by atoms with Gasteiger partial charge in [-0.3, -0.25) is 0 Å². The summed E-state index contributed by atoms with van der Waals surface area (Å²) in [7, 11) is -3.27. The van der Waals surface area contributed by atoms with Crippen molar-refractivity contribution in [2.75, 3.05) is 11.6 Å². The molecular weight excluding hydrogens is 292 g/mol. The van der Waals surface area contributed by atoms with Gasteiger partial charge in [-0.25, -0.2) is 13.4 Å². The average molecular weight is 308 g/mol. The Morgan fingerprint density at radius 1 is 1.40 bits per heavy atom. The summed E-state index contributed by atoms with van der Waals surface area (Å²) < 4.78 is 23.6. The molecule has 3 rings (SSSR count). The Morgan fingerprint density at radius 3 is 3.05 bits per heavy atom. The molecule has 1 unspecified atom stereocenters.